The Morgan fingerprint density at radius 1 is 1.26 bits per heavy atom. The second-order valence-corrected chi connectivity index (χ2v) is 8.20. The maximum Gasteiger partial charge on any atom is 0.242 e. The van der Waals surface area contributed by atoms with Crippen molar-refractivity contribution in [2.75, 3.05) is 20.2 Å². The Balaban J connectivity index is 1.64. The van der Waals surface area contributed by atoms with Crippen molar-refractivity contribution in [3.05, 3.63) is 83.7 Å². The van der Waals surface area contributed by atoms with Crippen molar-refractivity contribution in [2.24, 2.45) is 11.6 Å². The Labute approximate surface area is 200 Å². The van der Waals surface area contributed by atoms with Crippen LogP contribution in [0.2, 0.25) is 0 Å². The first kappa shape index (κ1) is 24.9. The second-order valence-electron chi connectivity index (χ2n) is 8.20. The fourth-order valence-corrected chi connectivity index (χ4v) is 4.05. The molecule has 1 aliphatic rings. The van der Waals surface area contributed by atoms with E-state index < -0.39 is 6.04 Å². The quantitative estimate of drug-likeness (QED) is 0.251. The first-order valence-corrected chi connectivity index (χ1v) is 11.3. The van der Waals surface area contributed by atoms with Crippen molar-refractivity contribution >= 4 is 17.9 Å². The average molecular weight is 464 g/mol. The maximum atomic E-state index is 12.5. The Morgan fingerprint density at radius 3 is 2.74 bits per heavy atom. The van der Waals surface area contributed by atoms with Crippen molar-refractivity contribution < 1.29 is 14.3 Å². The van der Waals surface area contributed by atoms with Gasteiger partial charge < -0.3 is 30.5 Å². The molecule has 34 heavy (non-hydrogen) atoms. The number of likely N-dealkylation sites (N-methyl/N-ethyl adjacent to an activating group) is 1. The fourth-order valence-electron chi connectivity index (χ4n) is 4.05. The van der Waals surface area contributed by atoms with Crippen LogP contribution in [0, 0.1) is 0 Å². The highest BCUT2D eigenvalue weighted by Crippen LogP contribution is 2.39. The van der Waals surface area contributed by atoms with E-state index in [0.29, 0.717) is 37.4 Å². The third-order valence-corrected chi connectivity index (χ3v) is 5.83. The van der Waals surface area contributed by atoms with Crippen LogP contribution >= 0.6 is 0 Å². The number of hydrogen-bond donors (Lipinski definition) is 3. The summed E-state index contributed by atoms with van der Waals surface area (Å²) in [6, 6.07) is 15.3. The fraction of sp³-hybridized carbons (Fsp3) is 0.308. The van der Waals surface area contributed by atoms with Crippen molar-refractivity contribution in [3.8, 4) is 5.75 Å². The number of fused-ring (bicyclic) bond motifs is 1. The van der Waals surface area contributed by atoms with E-state index in [1.54, 1.807) is 18.3 Å². The Morgan fingerprint density at radius 2 is 2.03 bits per heavy atom. The molecule has 1 amide bonds. The zero-order chi connectivity index (χ0) is 24.5. The molecule has 0 aromatic heterocycles. The smallest absolute Gasteiger partial charge is 0.242 e. The van der Waals surface area contributed by atoms with Crippen LogP contribution in [0.25, 0.3) is 5.70 Å². The zero-order valence-corrected chi connectivity index (χ0v) is 19.6. The summed E-state index contributed by atoms with van der Waals surface area (Å²) in [5.41, 5.74) is 10.4. The third kappa shape index (κ3) is 6.17. The zero-order valence-electron chi connectivity index (χ0n) is 19.6. The Hall–Kier alpha value is -3.78. The molecule has 0 radical (unpaired) electrons. The van der Waals surface area contributed by atoms with Crippen molar-refractivity contribution in [2.45, 2.75) is 31.8 Å². The normalized spacial score (nSPS) is 13.9. The predicted molar refractivity (Wildman–Crippen MR) is 133 cm³/mol. The number of rotatable bonds is 12. The molecule has 0 aliphatic carbocycles. The number of amides is 1. The van der Waals surface area contributed by atoms with Crippen LogP contribution < -0.4 is 21.6 Å². The van der Waals surface area contributed by atoms with E-state index in [1.807, 2.05) is 41.3 Å². The molecule has 0 saturated carbocycles. The summed E-state index contributed by atoms with van der Waals surface area (Å²) in [7, 11) is 1.59. The monoisotopic (exact) mass is 463 g/mol. The minimum Gasteiger partial charge on any atom is -0.487 e. The van der Waals surface area contributed by atoms with Crippen molar-refractivity contribution in [3.63, 3.8) is 0 Å². The largest absolute Gasteiger partial charge is 0.487 e. The number of benzene rings is 2. The highest BCUT2D eigenvalue weighted by atomic mass is 16.5. The molecule has 180 valence electrons. The van der Waals surface area contributed by atoms with Crippen LogP contribution in [-0.4, -0.2) is 48.3 Å². The van der Waals surface area contributed by atoms with E-state index in [9.17, 15) is 9.59 Å². The summed E-state index contributed by atoms with van der Waals surface area (Å²) in [5, 5.41) is 4.24. The Kier molecular flexibility index (Phi) is 8.70. The van der Waals surface area contributed by atoms with Gasteiger partial charge in [-0.05, 0) is 24.5 Å². The van der Waals surface area contributed by atoms with E-state index in [4.69, 9.17) is 16.3 Å². The van der Waals surface area contributed by atoms with Crippen LogP contribution in [0.1, 0.15) is 29.5 Å². The molecule has 3 rings (SSSR count). The third-order valence-electron chi connectivity index (χ3n) is 5.83. The number of ether oxygens (including phenoxy) is 1. The van der Waals surface area contributed by atoms with Gasteiger partial charge in [0.1, 0.15) is 24.7 Å². The summed E-state index contributed by atoms with van der Waals surface area (Å²) in [5.74, 6) is 6.60. The van der Waals surface area contributed by atoms with Gasteiger partial charge in [-0.25, -0.2) is 5.84 Å². The highest BCUT2D eigenvalue weighted by Gasteiger charge is 2.33. The molecule has 2 aromatic carbocycles. The van der Waals surface area contributed by atoms with Gasteiger partial charge in [0.25, 0.3) is 0 Å². The van der Waals surface area contributed by atoms with Gasteiger partial charge >= 0.3 is 0 Å². The Bertz CT molecular complexity index is 1040. The lowest BCUT2D eigenvalue weighted by atomic mass is 10.1. The summed E-state index contributed by atoms with van der Waals surface area (Å²) < 4.78 is 6.02. The number of aldehydes is 1. The lowest BCUT2D eigenvalue weighted by molar-refractivity contribution is -0.125. The number of nitrogens with two attached hydrogens (primary N) is 2. The minimum atomic E-state index is -0.483. The lowest BCUT2D eigenvalue weighted by Crippen LogP contribution is -2.43. The standard InChI is InChI=1S/C26H33N5O3/c1-19-22-10-6-12-25(23(22)17-31(19)24(11-7-15-32)26(33)29-2)34-18-21(27)16-30(28)14-13-20-8-4-3-5-9-20/h3-6,8-10,12,15-16,24H,1,7,11,13-14,17-18,27-28H2,2H3,(H,29,33)/b21-16-. The molecule has 1 heterocycles. The van der Waals surface area contributed by atoms with Crippen molar-refractivity contribution in [1.29, 1.82) is 0 Å². The number of nitrogens with one attached hydrogen (secondary N) is 1. The summed E-state index contributed by atoms with van der Waals surface area (Å²) in [4.78, 5) is 25.3. The number of nitrogens with zero attached hydrogens (tertiary/aromatic N) is 2. The molecule has 1 atom stereocenters. The second kappa shape index (κ2) is 11.9. The molecule has 0 bridgehead atoms. The van der Waals surface area contributed by atoms with Gasteiger partial charge in [0.15, 0.2) is 0 Å². The van der Waals surface area contributed by atoms with E-state index in [-0.39, 0.29) is 12.5 Å². The molecule has 0 spiro atoms. The number of hydrazine groups is 1. The molecule has 0 fully saturated rings. The number of hydrogen-bond acceptors (Lipinski definition) is 7. The molecule has 2 aromatic rings. The van der Waals surface area contributed by atoms with E-state index in [0.717, 1.165) is 29.5 Å². The summed E-state index contributed by atoms with van der Waals surface area (Å²) in [6.45, 7) is 5.45. The SMILES string of the molecule is C=C1c2cccc(OC/C(N)=C/N(N)CCc3ccccc3)c2CN1C(CCC=O)C(=O)NC. The van der Waals surface area contributed by atoms with Gasteiger partial charge in [0, 0.05) is 49.6 Å². The molecular formula is C26H33N5O3. The predicted octanol–water partition coefficient (Wildman–Crippen LogP) is 2.16. The minimum absolute atomic E-state index is 0.149. The van der Waals surface area contributed by atoms with E-state index in [1.165, 1.54) is 5.56 Å². The lowest BCUT2D eigenvalue weighted by Gasteiger charge is -2.28. The maximum absolute atomic E-state index is 12.5. The van der Waals surface area contributed by atoms with Crippen LogP contribution in [0.15, 0.2) is 67.0 Å². The molecule has 5 N–H and O–H groups in total. The topological polar surface area (TPSA) is 114 Å². The van der Waals surface area contributed by atoms with Gasteiger partial charge in [0.2, 0.25) is 5.91 Å². The first-order chi connectivity index (χ1) is 16.4. The number of carbonyl (C=O) groups is 2. The summed E-state index contributed by atoms with van der Waals surface area (Å²) in [6.07, 6.45) is 4.02. The van der Waals surface area contributed by atoms with Crippen LogP contribution in [0.3, 0.4) is 0 Å². The van der Waals surface area contributed by atoms with E-state index >= 15 is 0 Å². The van der Waals surface area contributed by atoms with Gasteiger partial charge in [-0.15, -0.1) is 0 Å². The molecule has 1 unspecified atom stereocenters. The average Bonchev–Trinajstić information content (AvgIpc) is 3.19. The highest BCUT2D eigenvalue weighted by molar-refractivity contribution is 5.85. The summed E-state index contributed by atoms with van der Waals surface area (Å²) >= 11 is 0. The molecule has 1 aliphatic heterocycles. The van der Waals surface area contributed by atoms with Crippen LogP contribution in [0.4, 0.5) is 0 Å². The van der Waals surface area contributed by atoms with Gasteiger partial charge in [0.05, 0.1) is 5.70 Å². The van der Waals surface area contributed by atoms with E-state index in [2.05, 4.69) is 24.0 Å². The molecule has 0 saturated heterocycles. The molecule has 8 nitrogen and oxygen atoms in total. The van der Waals surface area contributed by atoms with Gasteiger partial charge in [-0.3, -0.25) is 4.79 Å². The molecule has 8 heteroatoms. The van der Waals surface area contributed by atoms with Crippen LogP contribution in [-0.2, 0) is 22.6 Å². The van der Waals surface area contributed by atoms with Crippen molar-refractivity contribution in [1.82, 2.24) is 15.2 Å². The van der Waals surface area contributed by atoms with Gasteiger partial charge in [-0.1, -0.05) is 49.0 Å². The van der Waals surface area contributed by atoms with Crippen LogP contribution in [0.5, 0.6) is 5.75 Å². The first-order valence-electron chi connectivity index (χ1n) is 11.3. The van der Waals surface area contributed by atoms with Gasteiger partial charge in [-0.2, -0.15) is 0 Å². The molecular weight excluding hydrogens is 430 g/mol. The number of carbonyl (C=O) groups excluding carboxylic acids is 2.